The van der Waals surface area contributed by atoms with Gasteiger partial charge in [-0.1, -0.05) is 12.1 Å². The van der Waals surface area contributed by atoms with Crippen LogP contribution in [0.3, 0.4) is 0 Å². The highest BCUT2D eigenvalue weighted by atomic mass is 79.9. The average molecular weight is 395 g/mol. The minimum atomic E-state index is 0.435. The van der Waals surface area contributed by atoms with Gasteiger partial charge in [-0.25, -0.2) is 5.10 Å². The Kier molecular flexibility index (Phi) is 4.51. The summed E-state index contributed by atoms with van der Waals surface area (Å²) in [6.45, 7) is 0. The summed E-state index contributed by atoms with van der Waals surface area (Å²) in [5.74, 6) is 1.39. The van der Waals surface area contributed by atoms with Crippen LogP contribution in [0.25, 0.3) is 11.4 Å². The molecule has 0 amide bonds. The second-order valence-electron chi connectivity index (χ2n) is 4.28. The lowest BCUT2D eigenvalue weighted by Gasteiger charge is -2.03. The fourth-order valence-electron chi connectivity index (χ4n) is 1.86. The molecule has 8 heteroatoms. The van der Waals surface area contributed by atoms with Crippen molar-refractivity contribution in [3.63, 3.8) is 0 Å². The third-order valence-corrected chi connectivity index (χ3v) is 4.70. The van der Waals surface area contributed by atoms with E-state index >= 15 is 0 Å². The Morgan fingerprint density at radius 3 is 3.00 bits per heavy atom. The number of aromatic amines is 1. The molecule has 22 heavy (non-hydrogen) atoms. The molecule has 112 valence electrons. The van der Waals surface area contributed by atoms with Gasteiger partial charge in [0.2, 0.25) is 4.77 Å². The first-order valence-electron chi connectivity index (χ1n) is 6.29. The number of hydrogen-bond donors (Lipinski definition) is 1. The van der Waals surface area contributed by atoms with Crippen molar-refractivity contribution in [1.82, 2.24) is 14.9 Å². The summed E-state index contributed by atoms with van der Waals surface area (Å²) in [6, 6.07) is 11.6. The summed E-state index contributed by atoms with van der Waals surface area (Å²) in [6.07, 6.45) is 1.75. The summed E-state index contributed by atoms with van der Waals surface area (Å²) in [4.78, 5) is 1.02. The number of thiophene rings is 1. The number of aromatic nitrogens is 3. The van der Waals surface area contributed by atoms with E-state index in [9.17, 15) is 0 Å². The van der Waals surface area contributed by atoms with Crippen LogP contribution in [0.1, 0.15) is 4.88 Å². The predicted octanol–water partition coefficient (Wildman–Crippen LogP) is 4.32. The Bertz CT molecular complexity index is 881. The fourth-order valence-corrected chi connectivity index (χ4v) is 3.33. The second-order valence-corrected chi connectivity index (χ2v) is 7.16. The molecule has 0 radical (unpaired) electrons. The molecule has 0 atom stereocenters. The Morgan fingerprint density at radius 2 is 2.27 bits per heavy atom. The molecule has 0 aliphatic rings. The van der Waals surface area contributed by atoms with E-state index in [2.05, 4.69) is 31.2 Å². The zero-order valence-corrected chi connectivity index (χ0v) is 14.7. The van der Waals surface area contributed by atoms with Gasteiger partial charge in [0.05, 0.1) is 17.1 Å². The van der Waals surface area contributed by atoms with Gasteiger partial charge >= 0.3 is 0 Å². The Balaban J connectivity index is 2.00. The third kappa shape index (κ3) is 3.18. The van der Waals surface area contributed by atoms with Gasteiger partial charge in [-0.2, -0.15) is 14.9 Å². The summed E-state index contributed by atoms with van der Waals surface area (Å²) < 4.78 is 8.32. The van der Waals surface area contributed by atoms with E-state index in [0.29, 0.717) is 10.6 Å². The largest absolute Gasteiger partial charge is 0.497 e. The zero-order valence-electron chi connectivity index (χ0n) is 11.5. The smallest absolute Gasteiger partial charge is 0.216 e. The highest BCUT2D eigenvalue weighted by Gasteiger charge is 2.09. The van der Waals surface area contributed by atoms with Crippen molar-refractivity contribution < 1.29 is 4.74 Å². The maximum absolute atomic E-state index is 5.25. The van der Waals surface area contributed by atoms with Gasteiger partial charge in [0.25, 0.3) is 0 Å². The molecule has 0 spiro atoms. The van der Waals surface area contributed by atoms with E-state index in [1.165, 1.54) is 0 Å². The normalized spacial score (nSPS) is 11.2. The number of benzene rings is 1. The number of methoxy groups -OCH3 is 1. The highest BCUT2D eigenvalue weighted by Crippen LogP contribution is 2.23. The minimum Gasteiger partial charge on any atom is -0.497 e. The van der Waals surface area contributed by atoms with Gasteiger partial charge < -0.3 is 4.74 Å². The van der Waals surface area contributed by atoms with Crippen LogP contribution in [0, 0.1) is 4.77 Å². The maximum atomic E-state index is 5.25. The van der Waals surface area contributed by atoms with Crippen LogP contribution in [-0.2, 0) is 0 Å². The molecule has 0 saturated heterocycles. The van der Waals surface area contributed by atoms with Gasteiger partial charge in [-0.15, -0.1) is 11.3 Å². The first-order valence-corrected chi connectivity index (χ1v) is 8.30. The number of nitrogens with one attached hydrogen (secondary N) is 1. The van der Waals surface area contributed by atoms with Crippen molar-refractivity contribution in [1.29, 1.82) is 0 Å². The van der Waals surface area contributed by atoms with Crippen LogP contribution >= 0.6 is 39.5 Å². The van der Waals surface area contributed by atoms with Crippen LogP contribution in [0.15, 0.2) is 45.3 Å². The second kappa shape index (κ2) is 6.55. The Hall–Kier alpha value is -1.77. The van der Waals surface area contributed by atoms with Crippen LogP contribution in [0.4, 0.5) is 0 Å². The van der Waals surface area contributed by atoms with Crippen molar-refractivity contribution in [2.45, 2.75) is 0 Å². The van der Waals surface area contributed by atoms with Gasteiger partial charge in [-0.3, -0.25) is 0 Å². The number of hydrogen-bond acceptors (Lipinski definition) is 5. The maximum Gasteiger partial charge on any atom is 0.216 e. The molecular weight excluding hydrogens is 384 g/mol. The van der Waals surface area contributed by atoms with Gasteiger partial charge in [0.1, 0.15) is 5.75 Å². The molecule has 1 aromatic carbocycles. The summed E-state index contributed by atoms with van der Waals surface area (Å²) in [5, 5.41) is 11.4. The lowest BCUT2D eigenvalue weighted by atomic mass is 10.2. The molecule has 0 fully saturated rings. The molecule has 0 aliphatic heterocycles. The van der Waals surface area contributed by atoms with Gasteiger partial charge in [-0.05, 0) is 52.4 Å². The molecule has 2 heterocycles. The number of ether oxygens (including phenoxy) is 1. The molecule has 1 N–H and O–H groups in total. The van der Waals surface area contributed by atoms with E-state index in [1.54, 1.807) is 29.3 Å². The molecular formula is C14H11BrN4OS2. The fraction of sp³-hybridized carbons (Fsp3) is 0.0714. The monoisotopic (exact) mass is 394 g/mol. The van der Waals surface area contributed by atoms with Crippen molar-refractivity contribution in [3.05, 3.63) is 49.8 Å². The molecule has 0 aliphatic carbocycles. The van der Waals surface area contributed by atoms with E-state index in [-0.39, 0.29) is 0 Å². The summed E-state index contributed by atoms with van der Waals surface area (Å²) in [7, 11) is 1.63. The number of H-pyrrole nitrogens is 1. The zero-order chi connectivity index (χ0) is 15.5. The average Bonchev–Trinajstić information content (AvgIpc) is 3.11. The molecule has 0 unspecified atom stereocenters. The van der Waals surface area contributed by atoms with E-state index in [0.717, 1.165) is 20.0 Å². The SMILES string of the molecule is COc1cccc(-c2n[nH]c(=S)n2/N=C/c2ccc(Br)s2)c1. The van der Waals surface area contributed by atoms with Crippen molar-refractivity contribution in [3.8, 4) is 17.1 Å². The molecule has 2 aromatic heterocycles. The van der Waals surface area contributed by atoms with E-state index < -0.39 is 0 Å². The highest BCUT2D eigenvalue weighted by molar-refractivity contribution is 9.11. The number of halogens is 1. The Labute approximate surface area is 144 Å². The molecule has 3 rings (SSSR count). The quantitative estimate of drug-likeness (QED) is 0.529. The first kappa shape index (κ1) is 15.1. The van der Waals surface area contributed by atoms with Crippen molar-refractivity contribution >= 4 is 45.7 Å². The lowest BCUT2D eigenvalue weighted by Crippen LogP contribution is -1.94. The summed E-state index contributed by atoms with van der Waals surface area (Å²) in [5.41, 5.74) is 0.871. The van der Waals surface area contributed by atoms with Crippen LogP contribution in [0.5, 0.6) is 5.75 Å². The van der Waals surface area contributed by atoms with Gasteiger partial charge in [0.15, 0.2) is 5.82 Å². The molecule has 0 saturated carbocycles. The third-order valence-electron chi connectivity index (χ3n) is 2.87. The lowest BCUT2D eigenvalue weighted by molar-refractivity contribution is 0.415. The number of nitrogens with zero attached hydrogens (tertiary/aromatic N) is 3. The van der Waals surface area contributed by atoms with Crippen LogP contribution < -0.4 is 4.74 Å². The first-order chi connectivity index (χ1) is 10.7. The van der Waals surface area contributed by atoms with Gasteiger partial charge in [0, 0.05) is 10.4 Å². The number of rotatable bonds is 4. The Morgan fingerprint density at radius 1 is 1.41 bits per heavy atom. The topological polar surface area (TPSA) is 55.2 Å². The molecule has 0 bridgehead atoms. The van der Waals surface area contributed by atoms with E-state index in [4.69, 9.17) is 17.0 Å². The van der Waals surface area contributed by atoms with Crippen molar-refractivity contribution in [2.24, 2.45) is 5.10 Å². The minimum absolute atomic E-state index is 0.435. The molecule has 3 aromatic rings. The molecule has 5 nitrogen and oxygen atoms in total. The van der Waals surface area contributed by atoms with Crippen molar-refractivity contribution in [2.75, 3.05) is 7.11 Å². The van der Waals surface area contributed by atoms with Crippen LogP contribution in [-0.4, -0.2) is 28.2 Å². The predicted molar refractivity (Wildman–Crippen MR) is 94.4 cm³/mol. The van der Waals surface area contributed by atoms with Crippen LogP contribution in [0.2, 0.25) is 0 Å². The standard InChI is InChI=1S/C14H11BrN4OS2/c1-20-10-4-2-3-9(7-10)13-17-18-14(21)19(13)16-8-11-5-6-12(15)22-11/h2-8H,1H3,(H,18,21)/b16-8+. The summed E-state index contributed by atoms with van der Waals surface area (Å²) >= 11 is 10.3. The van der Waals surface area contributed by atoms with E-state index in [1.807, 2.05) is 36.4 Å².